The highest BCUT2D eigenvalue weighted by molar-refractivity contribution is 5.58. The van der Waals surface area contributed by atoms with Gasteiger partial charge in [0.1, 0.15) is 5.75 Å². The molecule has 1 fully saturated rings. The lowest BCUT2D eigenvalue weighted by Gasteiger charge is -2.10. The second kappa shape index (κ2) is 6.61. The Morgan fingerprint density at radius 1 is 1.04 bits per heavy atom. The largest absolute Gasteiger partial charge is 0.573 e. The number of aromatic nitrogens is 3. The van der Waals surface area contributed by atoms with Gasteiger partial charge in [-0.25, -0.2) is 0 Å². The Labute approximate surface area is 153 Å². The maximum atomic E-state index is 12.3. The molecule has 0 aliphatic heterocycles. The third-order valence-corrected chi connectivity index (χ3v) is 4.14. The molecule has 1 aliphatic carbocycles. The number of nitrogens with one attached hydrogen (secondary N) is 1. The number of aryl methyl sites for hydroxylation is 1. The lowest BCUT2D eigenvalue weighted by Crippen LogP contribution is -2.17. The predicted molar refractivity (Wildman–Crippen MR) is 94.9 cm³/mol. The first-order valence-electron chi connectivity index (χ1n) is 8.54. The van der Waals surface area contributed by atoms with Crippen molar-refractivity contribution in [2.45, 2.75) is 32.2 Å². The van der Waals surface area contributed by atoms with Crippen LogP contribution in [0.15, 0.2) is 48.5 Å². The molecule has 1 N–H and O–H groups in total. The van der Waals surface area contributed by atoms with Gasteiger partial charge in [0.2, 0.25) is 5.95 Å². The van der Waals surface area contributed by atoms with Crippen LogP contribution in [0, 0.1) is 6.92 Å². The van der Waals surface area contributed by atoms with E-state index in [-0.39, 0.29) is 5.75 Å². The smallest absolute Gasteiger partial charge is 0.406 e. The SMILES string of the molecule is Cc1ccc(-c2nc(NC3CC3)n(-c3ccc(OC(F)(F)F)cc3)n2)cc1. The van der Waals surface area contributed by atoms with Crippen molar-refractivity contribution in [1.82, 2.24) is 14.8 Å². The number of hydrogen-bond donors (Lipinski definition) is 1. The molecule has 1 saturated carbocycles. The van der Waals surface area contributed by atoms with Crippen molar-refractivity contribution in [3.63, 3.8) is 0 Å². The molecule has 1 aromatic heterocycles. The van der Waals surface area contributed by atoms with E-state index < -0.39 is 6.36 Å². The Bertz CT molecular complexity index is 929. The van der Waals surface area contributed by atoms with Crippen molar-refractivity contribution >= 4 is 5.95 Å². The highest BCUT2D eigenvalue weighted by atomic mass is 19.4. The van der Waals surface area contributed by atoms with Gasteiger partial charge >= 0.3 is 6.36 Å². The third kappa shape index (κ3) is 4.21. The van der Waals surface area contributed by atoms with Gasteiger partial charge in [0.05, 0.1) is 5.69 Å². The summed E-state index contributed by atoms with van der Waals surface area (Å²) >= 11 is 0. The van der Waals surface area contributed by atoms with Crippen molar-refractivity contribution in [3.8, 4) is 22.8 Å². The molecule has 27 heavy (non-hydrogen) atoms. The summed E-state index contributed by atoms with van der Waals surface area (Å²) in [6.07, 6.45) is -2.59. The molecule has 0 unspecified atom stereocenters. The van der Waals surface area contributed by atoms with Crippen LogP contribution >= 0.6 is 0 Å². The number of benzene rings is 2. The van der Waals surface area contributed by atoms with Crippen molar-refractivity contribution in [2.24, 2.45) is 0 Å². The summed E-state index contributed by atoms with van der Waals surface area (Å²) in [5, 5.41) is 7.86. The predicted octanol–water partition coefficient (Wildman–Crippen LogP) is 4.72. The van der Waals surface area contributed by atoms with E-state index in [9.17, 15) is 13.2 Å². The molecule has 3 aromatic rings. The zero-order valence-electron chi connectivity index (χ0n) is 14.5. The number of alkyl halides is 3. The van der Waals surface area contributed by atoms with Gasteiger partial charge in [-0.1, -0.05) is 29.8 Å². The fourth-order valence-electron chi connectivity index (χ4n) is 2.61. The van der Waals surface area contributed by atoms with E-state index in [1.165, 1.54) is 24.3 Å². The maximum Gasteiger partial charge on any atom is 0.573 e. The van der Waals surface area contributed by atoms with Crippen LogP contribution in [0.1, 0.15) is 18.4 Å². The van der Waals surface area contributed by atoms with Gasteiger partial charge in [0.25, 0.3) is 0 Å². The molecule has 0 atom stereocenters. The second-order valence-electron chi connectivity index (χ2n) is 6.50. The first kappa shape index (κ1) is 17.4. The summed E-state index contributed by atoms with van der Waals surface area (Å²) in [6, 6.07) is 13.8. The van der Waals surface area contributed by atoms with Crippen molar-refractivity contribution in [3.05, 3.63) is 54.1 Å². The number of ether oxygens (including phenoxy) is 1. The quantitative estimate of drug-likeness (QED) is 0.702. The maximum absolute atomic E-state index is 12.3. The molecule has 0 saturated heterocycles. The van der Waals surface area contributed by atoms with Gasteiger partial charge in [0.15, 0.2) is 5.82 Å². The summed E-state index contributed by atoms with van der Waals surface area (Å²) in [6.45, 7) is 2.00. The lowest BCUT2D eigenvalue weighted by atomic mass is 10.1. The summed E-state index contributed by atoms with van der Waals surface area (Å²) in [5.74, 6) is 0.841. The Morgan fingerprint density at radius 3 is 2.30 bits per heavy atom. The molecule has 0 bridgehead atoms. The zero-order valence-corrected chi connectivity index (χ0v) is 14.5. The standard InChI is InChI=1S/C19H17F3N4O/c1-12-2-4-13(5-3-12)17-24-18(23-14-6-7-14)26(25-17)15-8-10-16(11-9-15)27-19(20,21)22/h2-5,8-11,14H,6-7H2,1H3,(H,23,24,25). The van der Waals surface area contributed by atoms with Crippen LogP contribution in [0.25, 0.3) is 17.1 Å². The van der Waals surface area contributed by atoms with Crippen LogP contribution in [-0.2, 0) is 0 Å². The molecule has 0 radical (unpaired) electrons. The van der Waals surface area contributed by atoms with E-state index in [0.29, 0.717) is 23.5 Å². The first-order chi connectivity index (χ1) is 12.9. The van der Waals surface area contributed by atoms with E-state index in [1.54, 1.807) is 4.68 Å². The monoisotopic (exact) mass is 374 g/mol. The van der Waals surface area contributed by atoms with Gasteiger partial charge < -0.3 is 10.1 Å². The van der Waals surface area contributed by atoms with Crippen LogP contribution in [0.3, 0.4) is 0 Å². The Hall–Kier alpha value is -3.03. The van der Waals surface area contributed by atoms with Gasteiger partial charge in [-0.15, -0.1) is 18.3 Å². The summed E-state index contributed by atoms with van der Waals surface area (Å²) in [4.78, 5) is 4.58. The average Bonchev–Trinajstić information content (AvgIpc) is 3.33. The third-order valence-electron chi connectivity index (χ3n) is 4.14. The molecule has 1 aliphatic rings. The van der Waals surface area contributed by atoms with Crippen LogP contribution in [0.5, 0.6) is 5.75 Å². The number of halogens is 3. The molecular formula is C19H17F3N4O. The van der Waals surface area contributed by atoms with E-state index >= 15 is 0 Å². The highest BCUT2D eigenvalue weighted by Gasteiger charge is 2.31. The van der Waals surface area contributed by atoms with Crippen molar-refractivity contribution in [1.29, 1.82) is 0 Å². The second-order valence-corrected chi connectivity index (χ2v) is 6.50. The van der Waals surface area contributed by atoms with Crippen LogP contribution in [-0.4, -0.2) is 27.2 Å². The number of nitrogens with zero attached hydrogens (tertiary/aromatic N) is 3. The number of rotatable bonds is 5. The van der Waals surface area contributed by atoms with Crippen molar-refractivity contribution < 1.29 is 17.9 Å². The van der Waals surface area contributed by atoms with Crippen LogP contribution < -0.4 is 10.1 Å². The molecule has 2 aromatic carbocycles. The first-order valence-corrected chi connectivity index (χ1v) is 8.54. The van der Waals surface area contributed by atoms with Gasteiger partial charge in [-0.3, -0.25) is 0 Å². The number of anilines is 1. The van der Waals surface area contributed by atoms with Gasteiger partial charge in [-0.2, -0.15) is 9.67 Å². The molecule has 140 valence electrons. The zero-order chi connectivity index (χ0) is 19.0. The molecular weight excluding hydrogens is 357 g/mol. The fraction of sp³-hybridized carbons (Fsp3) is 0.263. The Balaban J connectivity index is 1.67. The van der Waals surface area contributed by atoms with Crippen LogP contribution in [0.4, 0.5) is 19.1 Å². The number of hydrogen-bond acceptors (Lipinski definition) is 4. The summed E-state index contributed by atoms with van der Waals surface area (Å²) < 4.78 is 42.5. The molecule has 4 rings (SSSR count). The van der Waals surface area contributed by atoms with E-state index in [0.717, 1.165) is 24.0 Å². The molecule has 0 spiro atoms. The van der Waals surface area contributed by atoms with E-state index in [1.807, 2.05) is 31.2 Å². The van der Waals surface area contributed by atoms with Gasteiger partial charge in [-0.05, 0) is 44.0 Å². The minimum Gasteiger partial charge on any atom is -0.406 e. The van der Waals surface area contributed by atoms with Crippen molar-refractivity contribution in [2.75, 3.05) is 5.32 Å². The normalized spacial score (nSPS) is 14.2. The summed E-state index contributed by atoms with van der Waals surface area (Å²) in [5.41, 5.74) is 2.60. The molecule has 8 heteroatoms. The minimum atomic E-state index is -4.72. The molecule has 5 nitrogen and oxygen atoms in total. The highest BCUT2D eigenvalue weighted by Crippen LogP contribution is 2.29. The minimum absolute atomic E-state index is 0.276. The van der Waals surface area contributed by atoms with Gasteiger partial charge in [0, 0.05) is 11.6 Å². The Kier molecular flexibility index (Phi) is 4.25. The Morgan fingerprint density at radius 2 is 1.70 bits per heavy atom. The summed E-state index contributed by atoms with van der Waals surface area (Å²) in [7, 11) is 0. The molecule has 1 heterocycles. The van der Waals surface area contributed by atoms with E-state index in [4.69, 9.17) is 0 Å². The van der Waals surface area contributed by atoms with Crippen LogP contribution in [0.2, 0.25) is 0 Å². The lowest BCUT2D eigenvalue weighted by molar-refractivity contribution is -0.274. The molecule has 0 amide bonds. The fourth-order valence-corrected chi connectivity index (χ4v) is 2.61. The average molecular weight is 374 g/mol. The topological polar surface area (TPSA) is 52.0 Å². The van der Waals surface area contributed by atoms with E-state index in [2.05, 4.69) is 20.1 Å².